The van der Waals surface area contributed by atoms with E-state index >= 15 is 0 Å². The van der Waals surface area contributed by atoms with Crippen molar-refractivity contribution in [1.82, 2.24) is 5.48 Å². The van der Waals surface area contributed by atoms with Crippen molar-refractivity contribution in [3.63, 3.8) is 0 Å². The van der Waals surface area contributed by atoms with Crippen molar-refractivity contribution in [3.05, 3.63) is 24.3 Å². The molecule has 0 aromatic heterocycles. The van der Waals surface area contributed by atoms with Gasteiger partial charge in [-0.25, -0.2) is 5.48 Å². The van der Waals surface area contributed by atoms with Gasteiger partial charge >= 0.3 is 0 Å². The second kappa shape index (κ2) is 8.95. The molecule has 1 saturated carbocycles. The van der Waals surface area contributed by atoms with Crippen LogP contribution < -0.4 is 10.2 Å². The Morgan fingerprint density at radius 2 is 1.80 bits per heavy atom. The van der Waals surface area contributed by atoms with Crippen molar-refractivity contribution in [1.29, 1.82) is 0 Å². The molecule has 4 nitrogen and oxygen atoms in total. The van der Waals surface area contributed by atoms with Crippen LogP contribution in [0.2, 0.25) is 0 Å². The molecule has 5 heteroatoms. The molecule has 1 aliphatic carbocycles. The molecule has 25 heavy (non-hydrogen) atoms. The van der Waals surface area contributed by atoms with Crippen molar-refractivity contribution in [2.75, 3.05) is 7.11 Å². The van der Waals surface area contributed by atoms with E-state index in [0.717, 1.165) is 5.75 Å². The largest absolute Gasteiger partial charge is 0.497 e. The van der Waals surface area contributed by atoms with Crippen molar-refractivity contribution >= 4 is 17.7 Å². The number of hydrogen-bond donors (Lipinski definition) is 1. The molecule has 1 aliphatic rings. The van der Waals surface area contributed by atoms with Crippen LogP contribution in [0, 0.1) is 11.8 Å². The Bertz CT molecular complexity index is 547. The van der Waals surface area contributed by atoms with Gasteiger partial charge in [0.25, 0.3) is 0 Å². The number of hydroxylamine groups is 1. The van der Waals surface area contributed by atoms with Crippen molar-refractivity contribution in [2.45, 2.75) is 69.1 Å². The SMILES string of the molecule is COc1ccc(SC(C2CCCC2)C(C)C(=O)NOC(C)(C)C)cc1. The van der Waals surface area contributed by atoms with E-state index in [1.807, 2.05) is 39.8 Å². The van der Waals surface area contributed by atoms with Crippen LogP contribution >= 0.6 is 11.8 Å². The van der Waals surface area contributed by atoms with E-state index in [4.69, 9.17) is 9.57 Å². The van der Waals surface area contributed by atoms with Gasteiger partial charge < -0.3 is 4.74 Å². The number of methoxy groups -OCH3 is 1. The van der Waals surface area contributed by atoms with E-state index in [1.165, 1.54) is 30.6 Å². The summed E-state index contributed by atoms with van der Waals surface area (Å²) in [6, 6.07) is 8.09. The quantitative estimate of drug-likeness (QED) is 0.555. The van der Waals surface area contributed by atoms with Gasteiger partial charge in [-0.05, 0) is 63.8 Å². The van der Waals surface area contributed by atoms with E-state index in [-0.39, 0.29) is 22.7 Å². The van der Waals surface area contributed by atoms with Crippen LogP contribution in [-0.2, 0) is 9.63 Å². The minimum absolute atomic E-state index is 0.0344. The minimum atomic E-state index is -0.388. The lowest BCUT2D eigenvalue weighted by molar-refractivity contribution is -0.149. The van der Waals surface area contributed by atoms with Gasteiger partial charge in [0.05, 0.1) is 12.7 Å². The molecule has 0 bridgehead atoms. The smallest absolute Gasteiger partial charge is 0.247 e. The average Bonchev–Trinajstić information content (AvgIpc) is 3.11. The molecule has 1 aromatic carbocycles. The first-order valence-electron chi connectivity index (χ1n) is 9.09. The summed E-state index contributed by atoms with van der Waals surface area (Å²) in [7, 11) is 1.67. The number of thioether (sulfide) groups is 1. The third-order valence-electron chi connectivity index (χ3n) is 4.56. The van der Waals surface area contributed by atoms with Gasteiger partial charge in [-0.15, -0.1) is 11.8 Å². The highest BCUT2D eigenvalue weighted by atomic mass is 32.2. The highest BCUT2D eigenvalue weighted by molar-refractivity contribution is 8.00. The molecular weight excluding hydrogens is 334 g/mol. The first-order chi connectivity index (χ1) is 11.8. The first-order valence-corrected chi connectivity index (χ1v) is 9.96. The Kier molecular flexibility index (Phi) is 7.20. The van der Waals surface area contributed by atoms with Gasteiger partial charge in [0.1, 0.15) is 5.75 Å². The highest BCUT2D eigenvalue weighted by Crippen LogP contribution is 2.41. The molecule has 0 saturated heterocycles. The Hall–Kier alpha value is -1.20. The molecule has 2 unspecified atom stereocenters. The molecule has 1 amide bonds. The minimum Gasteiger partial charge on any atom is -0.497 e. The number of nitrogens with one attached hydrogen (secondary N) is 1. The fraction of sp³-hybridized carbons (Fsp3) is 0.650. The van der Waals surface area contributed by atoms with Gasteiger partial charge in [0.15, 0.2) is 0 Å². The normalized spacial score (nSPS) is 18.0. The van der Waals surface area contributed by atoms with Gasteiger partial charge in [0.2, 0.25) is 5.91 Å². The zero-order valence-corrected chi connectivity index (χ0v) is 16.8. The summed E-state index contributed by atoms with van der Waals surface area (Å²) in [5.41, 5.74) is 2.27. The monoisotopic (exact) mass is 365 g/mol. The lowest BCUT2D eigenvalue weighted by atomic mass is 9.93. The van der Waals surface area contributed by atoms with Crippen LogP contribution in [-0.4, -0.2) is 23.9 Å². The summed E-state index contributed by atoms with van der Waals surface area (Å²) >= 11 is 1.80. The van der Waals surface area contributed by atoms with Crippen LogP contribution in [0.5, 0.6) is 5.75 Å². The Balaban J connectivity index is 2.07. The van der Waals surface area contributed by atoms with E-state index in [9.17, 15) is 4.79 Å². The standard InChI is InChI=1S/C20H31NO3S/c1-14(19(22)21-24-20(2,3)4)18(15-8-6-7-9-15)25-17-12-10-16(23-5)11-13-17/h10-15,18H,6-9H2,1-5H3,(H,21,22). The van der Waals surface area contributed by atoms with Crippen LogP contribution in [0.25, 0.3) is 0 Å². The first kappa shape index (κ1) is 20.1. The molecule has 0 spiro atoms. The molecule has 1 fully saturated rings. The maximum absolute atomic E-state index is 12.6. The third-order valence-corrected chi connectivity index (χ3v) is 6.17. The number of ether oxygens (including phenoxy) is 1. The highest BCUT2D eigenvalue weighted by Gasteiger charge is 2.34. The summed E-state index contributed by atoms with van der Waals surface area (Å²) in [5.74, 6) is 1.28. The predicted molar refractivity (Wildman–Crippen MR) is 103 cm³/mol. The number of rotatable bonds is 7. The number of carbonyl (C=O) groups is 1. The zero-order chi connectivity index (χ0) is 18.4. The molecule has 0 radical (unpaired) electrons. The molecule has 1 N–H and O–H groups in total. The van der Waals surface area contributed by atoms with Crippen molar-refractivity contribution < 1.29 is 14.4 Å². The van der Waals surface area contributed by atoms with Gasteiger partial charge in [-0.3, -0.25) is 9.63 Å². The predicted octanol–water partition coefficient (Wildman–Crippen LogP) is 4.83. The lowest BCUT2D eigenvalue weighted by Crippen LogP contribution is -2.41. The Morgan fingerprint density at radius 3 is 2.32 bits per heavy atom. The van der Waals surface area contributed by atoms with Crippen LogP contribution in [0.4, 0.5) is 0 Å². The molecule has 0 heterocycles. The van der Waals surface area contributed by atoms with E-state index < -0.39 is 0 Å². The molecule has 2 atom stereocenters. The summed E-state index contributed by atoms with van der Waals surface area (Å²) < 4.78 is 5.23. The number of benzene rings is 1. The Labute approximate surface area is 156 Å². The second-order valence-electron chi connectivity index (χ2n) is 7.77. The fourth-order valence-corrected chi connectivity index (χ4v) is 4.55. The lowest BCUT2D eigenvalue weighted by Gasteiger charge is -2.29. The van der Waals surface area contributed by atoms with Crippen LogP contribution in [0.1, 0.15) is 53.4 Å². The van der Waals surface area contributed by atoms with E-state index in [2.05, 4.69) is 17.6 Å². The third kappa shape index (κ3) is 6.23. The summed E-state index contributed by atoms with van der Waals surface area (Å²) in [6.07, 6.45) is 4.92. The molecular formula is C20H31NO3S. The van der Waals surface area contributed by atoms with E-state index in [0.29, 0.717) is 5.92 Å². The molecule has 2 rings (SSSR count). The van der Waals surface area contributed by atoms with Gasteiger partial charge in [-0.1, -0.05) is 19.8 Å². The fourth-order valence-electron chi connectivity index (χ4n) is 3.15. The van der Waals surface area contributed by atoms with Gasteiger partial charge in [0, 0.05) is 16.1 Å². The summed E-state index contributed by atoms with van der Waals surface area (Å²) in [5, 5.41) is 0.250. The number of carbonyl (C=O) groups excluding carboxylic acids is 1. The Morgan fingerprint density at radius 1 is 1.20 bits per heavy atom. The van der Waals surface area contributed by atoms with Crippen LogP contribution in [0.3, 0.4) is 0 Å². The topological polar surface area (TPSA) is 47.6 Å². The molecule has 0 aliphatic heterocycles. The number of hydrogen-bond acceptors (Lipinski definition) is 4. The maximum Gasteiger partial charge on any atom is 0.247 e. The summed E-state index contributed by atoms with van der Waals surface area (Å²) in [4.78, 5) is 19.3. The average molecular weight is 366 g/mol. The van der Waals surface area contributed by atoms with Crippen molar-refractivity contribution in [3.8, 4) is 5.75 Å². The number of amides is 1. The van der Waals surface area contributed by atoms with Crippen LogP contribution in [0.15, 0.2) is 29.2 Å². The van der Waals surface area contributed by atoms with Crippen molar-refractivity contribution in [2.24, 2.45) is 11.8 Å². The van der Waals surface area contributed by atoms with E-state index in [1.54, 1.807) is 18.9 Å². The summed E-state index contributed by atoms with van der Waals surface area (Å²) in [6.45, 7) is 7.80. The van der Waals surface area contributed by atoms with Gasteiger partial charge in [-0.2, -0.15) is 0 Å². The molecule has 1 aromatic rings. The maximum atomic E-state index is 12.6. The zero-order valence-electron chi connectivity index (χ0n) is 16.0. The molecule has 140 valence electrons. The second-order valence-corrected chi connectivity index (χ2v) is 9.02.